The molecule has 1 saturated heterocycles. The van der Waals surface area contributed by atoms with Crippen LogP contribution in [0.25, 0.3) is 0 Å². The van der Waals surface area contributed by atoms with Crippen LogP contribution in [0.3, 0.4) is 0 Å². The quantitative estimate of drug-likeness (QED) is 0.691. The molecule has 1 aromatic rings. The zero-order valence-electron chi connectivity index (χ0n) is 10.2. The standard InChI is InChI=1S/C11H15FN2O4S/c1-5-6(3-15)8(4-16)18-10(5)14-2-7(12)9(17)13-11(14)19/h2,5-6,8,10,15-16H,3-4H2,1H3,(H,13,17,19)/t5?,6?,8-,10-/m1/s1. The van der Waals surface area contributed by atoms with Crippen molar-refractivity contribution in [2.24, 2.45) is 11.8 Å². The van der Waals surface area contributed by atoms with E-state index in [1.165, 1.54) is 4.57 Å². The second-order valence-electron chi connectivity index (χ2n) is 4.60. The second-order valence-corrected chi connectivity index (χ2v) is 4.98. The van der Waals surface area contributed by atoms with Gasteiger partial charge in [0.25, 0.3) is 5.56 Å². The van der Waals surface area contributed by atoms with Gasteiger partial charge in [0, 0.05) is 18.4 Å². The molecule has 0 aromatic carbocycles. The highest BCUT2D eigenvalue weighted by molar-refractivity contribution is 7.71. The summed E-state index contributed by atoms with van der Waals surface area (Å²) in [5.74, 6) is -1.41. The van der Waals surface area contributed by atoms with Crippen LogP contribution in [0.4, 0.5) is 4.39 Å². The minimum absolute atomic E-state index is 0.0403. The van der Waals surface area contributed by atoms with Gasteiger partial charge in [-0.15, -0.1) is 0 Å². The van der Waals surface area contributed by atoms with Crippen molar-refractivity contribution in [3.05, 3.63) is 27.1 Å². The van der Waals surface area contributed by atoms with Crippen LogP contribution in [0.15, 0.2) is 11.0 Å². The van der Waals surface area contributed by atoms with Gasteiger partial charge in [0.1, 0.15) is 6.23 Å². The third-order valence-corrected chi connectivity index (χ3v) is 3.82. The second kappa shape index (κ2) is 5.49. The molecule has 19 heavy (non-hydrogen) atoms. The number of H-pyrrole nitrogens is 1. The summed E-state index contributed by atoms with van der Waals surface area (Å²) < 4.78 is 20.3. The van der Waals surface area contributed by atoms with E-state index >= 15 is 0 Å². The molecule has 1 aromatic heterocycles. The molecule has 0 bridgehead atoms. The fourth-order valence-corrected chi connectivity index (χ4v) is 2.63. The highest BCUT2D eigenvalue weighted by Crippen LogP contribution is 2.38. The summed E-state index contributed by atoms with van der Waals surface area (Å²) in [6, 6.07) is 0. The van der Waals surface area contributed by atoms with E-state index in [2.05, 4.69) is 4.98 Å². The van der Waals surface area contributed by atoms with Crippen molar-refractivity contribution in [3.8, 4) is 0 Å². The van der Waals surface area contributed by atoms with Crippen LogP contribution in [0, 0.1) is 22.4 Å². The molecule has 2 rings (SSSR count). The molecule has 2 heterocycles. The maximum Gasteiger partial charge on any atom is 0.287 e. The average Bonchev–Trinajstić information content (AvgIpc) is 2.70. The van der Waals surface area contributed by atoms with Crippen molar-refractivity contribution < 1.29 is 19.3 Å². The lowest BCUT2D eigenvalue weighted by molar-refractivity contribution is -0.0405. The van der Waals surface area contributed by atoms with Crippen molar-refractivity contribution >= 4 is 12.2 Å². The lowest BCUT2D eigenvalue weighted by atomic mass is 9.92. The van der Waals surface area contributed by atoms with E-state index in [4.69, 9.17) is 17.0 Å². The average molecular weight is 290 g/mol. The predicted octanol–water partition coefficient (Wildman–Crippen LogP) is 0.179. The molecule has 8 heteroatoms. The Kier molecular flexibility index (Phi) is 4.14. The molecule has 0 radical (unpaired) electrons. The first-order chi connectivity index (χ1) is 8.99. The van der Waals surface area contributed by atoms with E-state index in [1.807, 2.05) is 6.92 Å². The van der Waals surface area contributed by atoms with Gasteiger partial charge in [-0.1, -0.05) is 6.92 Å². The summed E-state index contributed by atoms with van der Waals surface area (Å²) in [5.41, 5.74) is -0.885. The zero-order chi connectivity index (χ0) is 14.2. The summed E-state index contributed by atoms with van der Waals surface area (Å²) in [7, 11) is 0. The first kappa shape index (κ1) is 14.3. The summed E-state index contributed by atoms with van der Waals surface area (Å²) >= 11 is 4.97. The van der Waals surface area contributed by atoms with E-state index in [0.29, 0.717) is 0 Å². The molecular weight excluding hydrogens is 275 g/mol. The van der Waals surface area contributed by atoms with Crippen LogP contribution in [0.2, 0.25) is 0 Å². The van der Waals surface area contributed by atoms with Crippen molar-refractivity contribution in [1.82, 2.24) is 9.55 Å². The Hall–Kier alpha value is -1.09. The van der Waals surface area contributed by atoms with Crippen LogP contribution in [-0.2, 0) is 4.74 Å². The Balaban J connectivity index is 2.41. The SMILES string of the molecule is CC1C(CO)[C@@H](CO)O[C@H]1n1cc(F)c(=O)[nH]c1=S. The summed E-state index contributed by atoms with van der Waals surface area (Å²) in [5, 5.41) is 18.5. The van der Waals surface area contributed by atoms with Crippen molar-refractivity contribution in [2.45, 2.75) is 19.3 Å². The molecule has 1 aliphatic rings. The Bertz CT molecular complexity index is 573. The van der Waals surface area contributed by atoms with Gasteiger partial charge >= 0.3 is 0 Å². The lowest BCUT2D eigenvalue weighted by Crippen LogP contribution is -2.26. The summed E-state index contributed by atoms with van der Waals surface area (Å²) in [6.07, 6.45) is -0.189. The van der Waals surface area contributed by atoms with Gasteiger partial charge in [-0.05, 0) is 12.2 Å². The molecule has 2 unspecified atom stereocenters. The van der Waals surface area contributed by atoms with Crippen molar-refractivity contribution in [1.29, 1.82) is 0 Å². The van der Waals surface area contributed by atoms with Crippen LogP contribution in [0.1, 0.15) is 13.2 Å². The number of nitrogens with zero attached hydrogens (tertiary/aromatic N) is 1. The highest BCUT2D eigenvalue weighted by Gasteiger charge is 2.42. The van der Waals surface area contributed by atoms with Gasteiger partial charge in [-0.2, -0.15) is 4.39 Å². The number of aromatic nitrogens is 2. The topological polar surface area (TPSA) is 87.5 Å². The Labute approximate surface area is 113 Å². The summed E-state index contributed by atoms with van der Waals surface area (Å²) in [4.78, 5) is 13.3. The number of hydrogen-bond donors (Lipinski definition) is 3. The normalized spacial score (nSPS) is 30.7. The number of aliphatic hydroxyl groups is 2. The number of aliphatic hydroxyl groups excluding tert-OH is 2. The monoisotopic (exact) mass is 290 g/mol. The Morgan fingerprint density at radius 2 is 2.21 bits per heavy atom. The molecule has 4 atom stereocenters. The van der Waals surface area contributed by atoms with Crippen LogP contribution in [0.5, 0.6) is 0 Å². The molecule has 3 N–H and O–H groups in total. The number of aromatic amines is 1. The van der Waals surface area contributed by atoms with Gasteiger partial charge < -0.3 is 14.9 Å². The number of rotatable bonds is 3. The van der Waals surface area contributed by atoms with Gasteiger partial charge in [-0.3, -0.25) is 14.3 Å². The molecule has 0 aliphatic carbocycles. The van der Waals surface area contributed by atoms with E-state index in [9.17, 15) is 19.4 Å². The zero-order valence-corrected chi connectivity index (χ0v) is 11.1. The molecule has 6 nitrogen and oxygen atoms in total. The van der Waals surface area contributed by atoms with Gasteiger partial charge in [0.2, 0.25) is 5.82 Å². The maximum absolute atomic E-state index is 13.3. The van der Waals surface area contributed by atoms with Crippen LogP contribution < -0.4 is 5.56 Å². The minimum Gasteiger partial charge on any atom is -0.396 e. The first-order valence-corrected chi connectivity index (χ1v) is 6.28. The molecule has 1 fully saturated rings. The number of hydrogen-bond acceptors (Lipinski definition) is 5. The predicted molar refractivity (Wildman–Crippen MR) is 66.6 cm³/mol. The Morgan fingerprint density at radius 3 is 2.74 bits per heavy atom. The lowest BCUT2D eigenvalue weighted by Gasteiger charge is -2.20. The van der Waals surface area contributed by atoms with E-state index in [-0.39, 0.29) is 29.8 Å². The molecule has 0 amide bonds. The van der Waals surface area contributed by atoms with E-state index < -0.39 is 23.7 Å². The minimum atomic E-state index is -0.961. The molecule has 106 valence electrons. The molecular formula is C11H15FN2O4S. The van der Waals surface area contributed by atoms with Gasteiger partial charge in [0.05, 0.1) is 18.9 Å². The fraction of sp³-hybridized carbons (Fsp3) is 0.636. The number of ether oxygens (including phenoxy) is 1. The fourth-order valence-electron chi connectivity index (χ4n) is 2.38. The van der Waals surface area contributed by atoms with E-state index in [1.54, 1.807) is 0 Å². The molecule has 0 spiro atoms. The van der Waals surface area contributed by atoms with Crippen LogP contribution >= 0.6 is 12.2 Å². The highest BCUT2D eigenvalue weighted by atomic mass is 32.1. The molecule has 0 saturated carbocycles. The van der Waals surface area contributed by atoms with Gasteiger partial charge in [0.15, 0.2) is 4.77 Å². The summed E-state index contributed by atoms with van der Waals surface area (Å²) in [6.45, 7) is 1.42. The van der Waals surface area contributed by atoms with Crippen LogP contribution in [-0.4, -0.2) is 39.1 Å². The first-order valence-electron chi connectivity index (χ1n) is 5.87. The third kappa shape index (κ3) is 2.48. The third-order valence-electron chi connectivity index (χ3n) is 3.51. The van der Waals surface area contributed by atoms with Crippen molar-refractivity contribution in [3.63, 3.8) is 0 Å². The maximum atomic E-state index is 13.3. The molecule has 1 aliphatic heterocycles. The Morgan fingerprint density at radius 1 is 1.53 bits per heavy atom. The number of nitrogens with one attached hydrogen (secondary N) is 1. The largest absolute Gasteiger partial charge is 0.396 e. The van der Waals surface area contributed by atoms with E-state index in [0.717, 1.165) is 6.20 Å². The smallest absolute Gasteiger partial charge is 0.287 e. The number of halogens is 1. The van der Waals surface area contributed by atoms with Crippen molar-refractivity contribution in [2.75, 3.05) is 13.2 Å². The van der Waals surface area contributed by atoms with Gasteiger partial charge in [-0.25, -0.2) is 0 Å².